The minimum atomic E-state index is -3.20. The Bertz CT molecular complexity index is 697. The van der Waals surface area contributed by atoms with Gasteiger partial charge in [-0.1, -0.05) is 12.1 Å². The molecule has 7 heteroatoms. The van der Waals surface area contributed by atoms with E-state index in [1.807, 2.05) is 5.32 Å². The maximum Gasteiger partial charge on any atom is 0.287 e. The highest BCUT2D eigenvalue weighted by atomic mass is 19.3. The van der Waals surface area contributed by atoms with Gasteiger partial charge in [-0.05, 0) is 12.1 Å². The zero-order chi connectivity index (χ0) is 14.8. The first-order chi connectivity index (χ1) is 9.43. The second-order valence-electron chi connectivity index (χ2n) is 4.21. The third-order valence-electron chi connectivity index (χ3n) is 2.66. The predicted octanol–water partition coefficient (Wildman–Crippen LogP) is 1.12. The maximum absolute atomic E-state index is 12.9. The lowest BCUT2D eigenvalue weighted by Gasteiger charge is -2.14. The van der Waals surface area contributed by atoms with E-state index in [0.29, 0.717) is 5.39 Å². The van der Waals surface area contributed by atoms with Crippen molar-refractivity contribution in [2.45, 2.75) is 5.92 Å². The highest BCUT2D eigenvalue weighted by molar-refractivity contribution is 5.93. The van der Waals surface area contributed by atoms with Crippen molar-refractivity contribution < 1.29 is 18.0 Å². The number of halogens is 2. The Morgan fingerprint density at radius 2 is 2.05 bits per heavy atom. The number of fused-ring (bicyclic) bond motifs is 1. The molecule has 1 aromatic heterocycles. The lowest BCUT2D eigenvalue weighted by Crippen LogP contribution is -2.41. The summed E-state index contributed by atoms with van der Waals surface area (Å²) in [5.41, 5.74) is 4.66. The summed E-state index contributed by atoms with van der Waals surface area (Å²) in [5.74, 6) is -4.41. The molecule has 0 aliphatic carbocycles. The molecule has 0 saturated carbocycles. The molecule has 0 spiro atoms. The Balaban J connectivity index is 2.25. The Morgan fingerprint density at radius 3 is 2.75 bits per heavy atom. The van der Waals surface area contributed by atoms with Crippen LogP contribution in [0.5, 0.6) is 0 Å². The molecule has 0 fully saturated rings. The first-order valence-corrected chi connectivity index (χ1v) is 5.82. The molecule has 2 aromatic rings. The van der Waals surface area contributed by atoms with Gasteiger partial charge in [0.1, 0.15) is 5.58 Å². The van der Waals surface area contributed by atoms with Gasteiger partial charge in [0.05, 0.1) is 18.5 Å². The minimum absolute atomic E-state index is 0.218. The fourth-order valence-electron chi connectivity index (χ4n) is 1.58. The van der Waals surface area contributed by atoms with E-state index in [0.717, 1.165) is 6.07 Å². The number of benzene rings is 1. The number of carbonyl (C=O) groups is 1. The lowest BCUT2D eigenvalue weighted by molar-refractivity contribution is 0.0116. The van der Waals surface area contributed by atoms with Crippen molar-refractivity contribution >= 4 is 16.9 Å². The van der Waals surface area contributed by atoms with Crippen LogP contribution in [-0.4, -0.2) is 24.9 Å². The summed E-state index contributed by atoms with van der Waals surface area (Å²) >= 11 is 0. The smallest absolute Gasteiger partial charge is 0.287 e. The van der Waals surface area contributed by atoms with E-state index in [9.17, 15) is 18.4 Å². The normalized spacial score (nSPS) is 11.6. The van der Waals surface area contributed by atoms with Crippen LogP contribution in [0.3, 0.4) is 0 Å². The minimum Gasteiger partial charge on any atom is -0.451 e. The number of amides is 1. The van der Waals surface area contributed by atoms with Crippen molar-refractivity contribution in [1.29, 1.82) is 0 Å². The van der Waals surface area contributed by atoms with Crippen LogP contribution in [0.1, 0.15) is 10.6 Å². The van der Waals surface area contributed by atoms with Gasteiger partial charge in [0.2, 0.25) is 0 Å². The molecular formula is C13H12F2N2O3. The van der Waals surface area contributed by atoms with Crippen molar-refractivity contribution in [3.63, 3.8) is 0 Å². The molecule has 5 nitrogen and oxygen atoms in total. The topological polar surface area (TPSA) is 85.3 Å². The molecule has 0 radical (unpaired) electrons. The summed E-state index contributed by atoms with van der Waals surface area (Å²) in [5, 5.41) is 2.30. The van der Waals surface area contributed by atoms with E-state index in [1.54, 1.807) is 18.2 Å². The fourth-order valence-corrected chi connectivity index (χ4v) is 1.58. The van der Waals surface area contributed by atoms with Crippen LogP contribution in [0.4, 0.5) is 8.78 Å². The molecule has 20 heavy (non-hydrogen) atoms. The van der Waals surface area contributed by atoms with Crippen LogP contribution in [0.25, 0.3) is 11.0 Å². The third-order valence-corrected chi connectivity index (χ3v) is 2.66. The molecule has 0 aliphatic rings. The molecular weight excluding hydrogens is 270 g/mol. The van der Waals surface area contributed by atoms with Crippen LogP contribution in [0.2, 0.25) is 0 Å². The summed E-state index contributed by atoms with van der Waals surface area (Å²) in [6.07, 6.45) is 0. The average Bonchev–Trinajstić information content (AvgIpc) is 2.45. The molecule has 106 valence electrons. The largest absolute Gasteiger partial charge is 0.451 e. The maximum atomic E-state index is 12.9. The molecule has 3 N–H and O–H groups in total. The van der Waals surface area contributed by atoms with Crippen LogP contribution in [-0.2, 0) is 0 Å². The van der Waals surface area contributed by atoms with Crippen molar-refractivity contribution in [3.8, 4) is 0 Å². The summed E-state index contributed by atoms with van der Waals surface area (Å²) in [6.45, 7) is -1.80. The quantitative estimate of drug-likeness (QED) is 0.880. The highest BCUT2D eigenvalue weighted by Gasteiger charge is 2.27. The predicted molar refractivity (Wildman–Crippen MR) is 68.8 cm³/mol. The molecule has 1 aromatic carbocycles. The molecule has 1 heterocycles. The summed E-state index contributed by atoms with van der Waals surface area (Å²) in [4.78, 5) is 23.4. The standard InChI is InChI=1S/C13H12F2N2O3/c14-13(15,6-16)7-17-12(19)11-5-9(18)8-3-1-2-4-10(8)20-11/h1-5H,6-7,16H2,(H,17,19). The molecule has 2 rings (SSSR count). The van der Waals surface area contributed by atoms with Crippen molar-refractivity contribution in [1.82, 2.24) is 5.32 Å². The van der Waals surface area contributed by atoms with Gasteiger partial charge in [-0.25, -0.2) is 8.78 Å². The van der Waals surface area contributed by atoms with Gasteiger partial charge in [0.25, 0.3) is 11.8 Å². The highest BCUT2D eigenvalue weighted by Crippen LogP contribution is 2.12. The molecule has 1 amide bonds. The molecule has 0 aliphatic heterocycles. The second-order valence-corrected chi connectivity index (χ2v) is 4.21. The van der Waals surface area contributed by atoms with Crippen LogP contribution < -0.4 is 16.5 Å². The van der Waals surface area contributed by atoms with E-state index in [1.165, 1.54) is 6.07 Å². The van der Waals surface area contributed by atoms with Gasteiger partial charge in [-0.2, -0.15) is 0 Å². The number of alkyl halides is 2. The summed E-state index contributed by atoms with van der Waals surface area (Å²) < 4.78 is 31.1. The number of hydrogen-bond donors (Lipinski definition) is 2. The fraction of sp³-hybridized carbons (Fsp3) is 0.231. The van der Waals surface area contributed by atoms with E-state index < -0.39 is 30.3 Å². The second kappa shape index (κ2) is 5.38. The number of para-hydroxylation sites is 1. The van der Waals surface area contributed by atoms with Crippen molar-refractivity contribution in [3.05, 3.63) is 46.3 Å². The van der Waals surface area contributed by atoms with E-state index in [2.05, 4.69) is 0 Å². The van der Waals surface area contributed by atoms with E-state index >= 15 is 0 Å². The summed E-state index contributed by atoms with van der Waals surface area (Å²) in [7, 11) is 0. The van der Waals surface area contributed by atoms with Crippen molar-refractivity contribution in [2.24, 2.45) is 5.73 Å². The molecule has 0 bridgehead atoms. The van der Waals surface area contributed by atoms with E-state index in [-0.39, 0.29) is 11.3 Å². The average molecular weight is 282 g/mol. The summed E-state index contributed by atoms with van der Waals surface area (Å²) in [6, 6.07) is 7.32. The van der Waals surface area contributed by atoms with Gasteiger partial charge in [-0.3, -0.25) is 9.59 Å². The van der Waals surface area contributed by atoms with Gasteiger partial charge in [0, 0.05) is 6.07 Å². The Kier molecular flexibility index (Phi) is 3.80. The zero-order valence-electron chi connectivity index (χ0n) is 10.4. The van der Waals surface area contributed by atoms with Gasteiger partial charge < -0.3 is 15.5 Å². The molecule has 0 saturated heterocycles. The van der Waals surface area contributed by atoms with Crippen molar-refractivity contribution in [2.75, 3.05) is 13.1 Å². The first kappa shape index (κ1) is 14.1. The van der Waals surface area contributed by atoms with Crippen LogP contribution in [0, 0.1) is 0 Å². The Morgan fingerprint density at radius 1 is 1.35 bits per heavy atom. The Labute approximate surface area is 112 Å². The van der Waals surface area contributed by atoms with Crippen LogP contribution in [0.15, 0.2) is 39.5 Å². The number of nitrogens with one attached hydrogen (secondary N) is 1. The van der Waals surface area contributed by atoms with Gasteiger partial charge in [0.15, 0.2) is 11.2 Å². The first-order valence-electron chi connectivity index (χ1n) is 5.82. The number of rotatable bonds is 4. The number of carbonyl (C=O) groups excluding carboxylic acids is 1. The van der Waals surface area contributed by atoms with Crippen LogP contribution >= 0.6 is 0 Å². The number of nitrogens with two attached hydrogens (primary N) is 1. The lowest BCUT2D eigenvalue weighted by atomic mass is 10.2. The van der Waals surface area contributed by atoms with Gasteiger partial charge >= 0.3 is 0 Å². The van der Waals surface area contributed by atoms with E-state index in [4.69, 9.17) is 10.2 Å². The molecule has 0 unspecified atom stereocenters. The number of hydrogen-bond acceptors (Lipinski definition) is 4. The van der Waals surface area contributed by atoms with Gasteiger partial charge in [-0.15, -0.1) is 0 Å². The SMILES string of the molecule is NCC(F)(F)CNC(=O)c1cc(=O)c2ccccc2o1. The Hall–Kier alpha value is -2.28. The molecule has 0 atom stereocenters. The zero-order valence-corrected chi connectivity index (χ0v) is 10.4. The monoisotopic (exact) mass is 282 g/mol. The third kappa shape index (κ3) is 3.00.